The Balaban J connectivity index is 1.87. The lowest BCUT2D eigenvalue weighted by molar-refractivity contribution is -0.135. The standard InChI is InChI=1S/C14H23N3O3/c1-2-4-13(19)16-7-3-8-17(10-9-16)14(20)11-5-6-12(18)15-11/h11H,2-10H2,1H3,(H,15,18). The molecule has 112 valence electrons. The van der Waals surface area contributed by atoms with Crippen molar-refractivity contribution in [1.82, 2.24) is 15.1 Å². The van der Waals surface area contributed by atoms with Crippen LogP contribution in [0.2, 0.25) is 0 Å². The number of carbonyl (C=O) groups is 3. The Labute approximate surface area is 119 Å². The van der Waals surface area contributed by atoms with E-state index in [1.165, 1.54) is 0 Å². The van der Waals surface area contributed by atoms with Crippen molar-refractivity contribution in [3.63, 3.8) is 0 Å². The van der Waals surface area contributed by atoms with Crippen LogP contribution in [0.5, 0.6) is 0 Å². The highest BCUT2D eigenvalue weighted by molar-refractivity contribution is 5.90. The molecule has 1 N–H and O–H groups in total. The fraction of sp³-hybridized carbons (Fsp3) is 0.786. The molecule has 0 aromatic carbocycles. The Kier molecular flexibility index (Phi) is 4.98. The van der Waals surface area contributed by atoms with Crippen LogP contribution in [-0.4, -0.2) is 59.7 Å². The van der Waals surface area contributed by atoms with E-state index in [2.05, 4.69) is 5.32 Å². The molecule has 1 unspecified atom stereocenters. The highest BCUT2D eigenvalue weighted by Gasteiger charge is 2.31. The van der Waals surface area contributed by atoms with Crippen LogP contribution in [0.15, 0.2) is 0 Å². The molecule has 2 aliphatic rings. The van der Waals surface area contributed by atoms with Gasteiger partial charge in [0.05, 0.1) is 0 Å². The van der Waals surface area contributed by atoms with E-state index >= 15 is 0 Å². The first kappa shape index (κ1) is 14.8. The van der Waals surface area contributed by atoms with Gasteiger partial charge in [0.15, 0.2) is 0 Å². The molecule has 0 saturated carbocycles. The molecule has 2 saturated heterocycles. The molecule has 0 radical (unpaired) electrons. The zero-order valence-corrected chi connectivity index (χ0v) is 12.1. The summed E-state index contributed by atoms with van der Waals surface area (Å²) in [7, 11) is 0. The molecule has 3 amide bonds. The Morgan fingerprint density at radius 1 is 1.20 bits per heavy atom. The van der Waals surface area contributed by atoms with E-state index in [0.29, 0.717) is 38.9 Å². The second-order valence-electron chi connectivity index (χ2n) is 5.47. The first-order chi connectivity index (χ1) is 9.61. The van der Waals surface area contributed by atoms with Crippen LogP contribution in [0, 0.1) is 0 Å². The Morgan fingerprint density at radius 2 is 1.90 bits per heavy atom. The molecule has 0 aromatic rings. The number of hydrogen-bond acceptors (Lipinski definition) is 3. The Morgan fingerprint density at radius 3 is 2.55 bits per heavy atom. The summed E-state index contributed by atoms with van der Waals surface area (Å²) in [6.45, 7) is 4.56. The maximum atomic E-state index is 12.3. The number of nitrogens with one attached hydrogen (secondary N) is 1. The molecule has 6 nitrogen and oxygen atoms in total. The topological polar surface area (TPSA) is 69.7 Å². The molecular formula is C14H23N3O3. The van der Waals surface area contributed by atoms with Crippen molar-refractivity contribution >= 4 is 17.7 Å². The first-order valence-electron chi connectivity index (χ1n) is 7.47. The third-order valence-corrected chi connectivity index (χ3v) is 3.92. The highest BCUT2D eigenvalue weighted by Crippen LogP contribution is 2.12. The minimum atomic E-state index is -0.361. The molecule has 0 bridgehead atoms. The van der Waals surface area contributed by atoms with E-state index < -0.39 is 0 Å². The zero-order chi connectivity index (χ0) is 14.5. The van der Waals surface area contributed by atoms with Gasteiger partial charge in [0, 0.05) is 39.0 Å². The van der Waals surface area contributed by atoms with Crippen LogP contribution >= 0.6 is 0 Å². The number of carbonyl (C=O) groups excluding carboxylic acids is 3. The van der Waals surface area contributed by atoms with Crippen molar-refractivity contribution in [2.75, 3.05) is 26.2 Å². The maximum absolute atomic E-state index is 12.3. The van der Waals surface area contributed by atoms with Gasteiger partial charge in [0.1, 0.15) is 6.04 Å². The van der Waals surface area contributed by atoms with Gasteiger partial charge in [0.25, 0.3) is 0 Å². The third kappa shape index (κ3) is 3.49. The summed E-state index contributed by atoms with van der Waals surface area (Å²) in [4.78, 5) is 39.0. The van der Waals surface area contributed by atoms with E-state index in [-0.39, 0.29) is 23.8 Å². The molecule has 1 atom stereocenters. The fourth-order valence-corrected chi connectivity index (χ4v) is 2.78. The third-order valence-electron chi connectivity index (χ3n) is 3.92. The summed E-state index contributed by atoms with van der Waals surface area (Å²) in [5, 5.41) is 2.71. The normalized spacial score (nSPS) is 23.4. The van der Waals surface area contributed by atoms with Crippen molar-refractivity contribution in [1.29, 1.82) is 0 Å². The predicted molar refractivity (Wildman–Crippen MR) is 73.8 cm³/mol. The van der Waals surface area contributed by atoms with E-state index in [4.69, 9.17) is 0 Å². The van der Waals surface area contributed by atoms with Crippen LogP contribution in [0.1, 0.15) is 39.0 Å². The maximum Gasteiger partial charge on any atom is 0.245 e. The minimum Gasteiger partial charge on any atom is -0.344 e. The van der Waals surface area contributed by atoms with Gasteiger partial charge >= 0.3 is 0 Å². The summed E-state index contributed by atoms with van der Waals surface area (Å²) >= 11 is 0. The van der Waals surface area contributed by atoms with Gasteiger partial charge < -0.3 is 15.1 Å². The van der Waals surface area contributed by atoms with E-state index in [1.54, 1.807) is 4.90 Å². The lowest BCUT2D eigenvalue weighted by Crippen LogP contribution is -2.46. The van der Waals surface area contributed by atoms with Crippen LogP contribution in [0.4, 0.5) is 0 Å². The largest absolute Gasteiger partial charge is 0.344 e. The molecule has 20 heavy (non-hydrogen) atoms. The summed E-state index contributed by atoms with van der Waals surface area (Å²) in [6, 6.07) is -0.361. The van der Waals surface area contributed by atoms with Crippen molar-refractivity contribution in [3.05, 3.63) is 0 Å². The highest BCUT2D eigenvalue weighted by atomic mass is 16.2. The second-order valence-corrected chi connectivity index (χ2v) is 5.47. The van der Waals surface area contributed by atoms with Gasteiger partial charge in [-0.3, -0.25) is 14.4 Å². The molecular weight excluding hydrogens is 258 g/mol. The first-order valence-corrected chi connectivity index (χ1v) is 7.47. The smallest absolute Gasteiger partial charge is 0.245 e. The van der Waals surface area contributed by atoms with Gasteiger partial charge in [-0.1, -0.05) is 6.92 Å². The average molecular weight is 281 g/mol. The SMILES string of the molecule is CCCC(=O)N1CCCN(C(=O)C2CCC(=O)N2)CC1. The minimum absolute atomic E-state index is 0.000593. The molecule has 0 aromatic heterocycles. The lowest BCUT2D eigenvalue weighted by atomic mass is 10.2. The fourth-order valence-electron chi connectivity index (χ4n) is 2.78. The van der Waals surface area contributed by atoms with Crippen LogP contribution in [0.25, 0.3) is 0 Å². The number of rotatable bonds is 3. The lowest BCUT2D eigenvalue weighted by Gasteiger charge is -2.24. The molecule has 0 aliphatic carbocycles. The van der Waals surface area contributed by atoms with Crippen LogP contribution < -0.4 is 5.32 Å². The summed E-state index contributed by atoms with van der Waals surface area (Å²) in [5.41, 5.74) is 0. The van der Waals surface area contributed by atoms with Crippen molar-refractivity contribution in [2.45, 2.75) is 45.1 Å². The predicted octanol–water partition coefficient (Wildman–Crippen LogP) is 0.126. The average Bonchev–Trinajstić information content (AvgIpc) is 2.72. The number of nitrogens with zero attached hydrogens (tertiary/aromatic N) is 2. The van der Waals surface area contributed by atoms with Gasteiger partial charge in [-0.15, -0.1) is 0 Å². The van der Waals surface area contributed by atoms with E-state index in [0.717, 1.165) is 19.4 Å². The van der Waals surface area contributed by atoms with Crippen molar-refractivity contribution < 1.29 is 14.4 Å². The van der Waals surface area contributed by atoms with Crippen LogP contribution in [-0.2, 0) is 14.4 Å². The number of amides is 3. The molecule has 2 fully saturated rings. The molecule has 2 heterocycles. The van der Waals surface area contributed by atoms with Gasteiger partial charge in [-0.25, -0.2) is 0 Å². The summed E-state index contributed by atoms with van der Waals surface area (Å²) in [5.74, 6) is 0.134. The number of hydrogen-bond donors (Lipinski definition) is 1. The van der Waals surface area contributed by atoms with Gasteiger partial charge in [0.2, 0.25) is 17.7 Å². The molecule has 6 heteroatoms. The summed E-state index contributed by atoms with van der Waals surface area (Å²) < 4.78 is 0. The molecule has 2 aliphatic heterocycles. The monoisotopic (exact) mass is 281 g/mol. The van der Waals surface area contributed by atoms with Gasteiger partial charge in [-0.2, -0.15) is 0 Å². The Hall–Kier alpha value is -1.59. The van der Waals surface area contributed by atoms with E-state index in [1.807, 2.05) is 11.8 Å². The molecule has 0 spiro atoms. The van der Waals surface area contributed by atoms with Crippen LogP contribution in [0.3, 0.4) is 0 Å². The van der Waals surface area contributed by atoms with Gasteiger partial charge in [-0.05, 0) is 19.3 Å². The zero-order valence-electron chi connectivity index (χ0n) is 12.1. The van der Waals surface area contributed by atoms with Crippen molar-refractivity contribution in [2.24, 2.45) is 0 Å². The van der Waals surface area contributed by atoms with E-state index in [9.17, 15) is 14.4 Å². The summed E-state index contributed by atoms with van der Waals surface area (Å²) in [6.07, 6.45) is 3.26. The Bertz CT molecular complexity index is 397. The second kappa shape index (κ2) is 6.72. The molecule has 2 rings (SSSR count). The van der Waals surface area contributed by atoms with Crippen molar-refractivity contribution in [3.8, 4) is 0 Å². The quantitative estimate of drug-likeness (QED) is 0.799.